The molecule has 1 fully saturated rings. The second-order valence-corrected chi connectivity index (χ2v) is 10.3. The van der Waals surface area contributed by atoms with Crippen molar-refractivity contribution in [3.63, 3.8) is 0 Å². The summed E-state index contributed by atoms with van der Waals surface area (Å²) in [4.78, 5) is 18.1. The Kier molecular flexibility index (Phi) is 6.93. The fourth-order valence-corrected chi connectivity index (χ4v) is 3.38. The minimum absolute atomic E-state index is 0.353. The molecule has 1 aromatic heterocycles. The highest BCUT2D eigenvalue weighted by atomic mass is 16.7. The van der Waals surface area contributed by atoms with Crippen LogP contribution in [0.2, 0.25) is 0 Å². The number of hydrogen-bond acceptors (Lipinski definition) is 6. The first-order chi connectivity index (χ1) is 14.8. The molecular weight excluding hydrogens is 409 g/mol. The summed E-state index contributed by atoms with van der Waals surface area (Å²) in [5, 5.41) is 0. The second kappa shape index (κ2) is 9.04. The smallest absolute Gasteiger partial charge is 0.444 e. The van der Waals surface area contributed by atoms with Crippen molar-refractivity contribution in [1.29, 1.82) is 0 Å². The van der Waals surface area contributed by atoms with Gasteiger partial charge in [-0.05, 0) is 54.5 Å². The van der Waals surface area contributed by atoms with Crippen molar-refractivity contribution in [2.75, 3.05) is 26.8 Å². The molecule has 0 bridgehead atoms. The Morgan fingerprint density at radius 2 is 1.81 bits per heavy atom. The summed E-state index contributed by atoms with van der Waals surface area (Å²) < 4.78 is 25.7. The van der Waals surface area contributed by atoms with Crippen LogP contribution in [0, 0.1) is 0 Å². The number of imidazole rings is 1. The van der Waals surface area contributed by atoms with Crippen molar-refractivity contribution in [3.8, 4) is 0 Å². The van der Waals surface area contributed by atoms with Gasteiger partial charge in [-0.3, -0.25) is 0 Å². The summed E-state index contributed by atoms with van der Waals surface area (Å²) in [6.07, 6.45) is 1.46. The molecule has 176 valence electrons. The average Bonchev–Trinajstić information content (AvgIpc) is 3.17. The minimum atomic E-state index is -0.510. The molecule has 1 aliphatic rings. The van der Waals surface area contributed by atoms with Gasteiger partial charge in [0.1, 0.15) is 5.60 Å². The molecule has 0 saturated carbocycles. The van der Waals surface area contributed by atoms with Gasteiger partial charge in [0.2, 0.25) is 0 Å². The molecule has 0 atom stereocenters. The van der Waals surface area contributed by atoms with Gasteiger partial charge in [0.25, 0.3) is 0 Å². The SMILES string of the molecule is CN(CCOCCn1cnc2cccc(B3OC(C)(C)C(C)(C)O3)c21)C(=O)OC(C)(C)C. The summed E-state index contributed by atoms with van der Waals surface area (Å²) in [5.74, 6) is 0. The van der Waals surface area contributed by atoms with E-state index >= 15 is 0 Å². The summed E-state index contributed by atoms with van der Waals surface area (Å²) in [6, 6.07) is 5.99. The molecule has 0 spiro atoms. The summed E-state index contributed by atoms with van der Waals surface area (Å²) in [6.45, 7) is 15.7. The largest absolute Gasteiger partial charge is 0.497 e. The highest BCUT2D eigenvalue weighted by Gasteiger charge is 2.52. The third-order valence-corrected chi connectivity index (χ3v) is 5.93. The number of benzene rings is 1. The highest BCUT2D eigenvalue weighted by molar-refractivity contribution is 6.64. The maximum absolute atomic E-state index is 12.0. The van der Waals surface area contributed by atoms with E-state index in [4.69, 9.17) is 18.8 Å². The molecule has 32 heavy (non-hydrogen) atoms. The fraction of sp³-hybridized carbons (Fsp3) is 0.652. The zero-order valence-corrected chi connectivity index (χ0v) is 20.6. The van der Waals surface area contributed by atoms with E-state index in [1.165, 1.54) is 4.90 Å². The van der Waals surface area contributed by atoms with Crippen LogP contribution in [0.5, 0.6) is 0 Å². The molecule has 8 nitrogen and oxygen atoms in total. The number of fused-ring (bicyclic) bond motifs is 1. The summed E-state index contributed by atoms with van der Waals surface area (Å²) in [7, 11) is 1.25. The molecule has 1 amide bonds. The lowest BCUT2D eigenvalue weighted by Crippen LogP contribution is -2.41. The molecule has 2 heterocycles. The van der Waals surface area contributed by atoms with Crippen LogP contribution in [0.3, 0.4) is 0 Å². The predicted octanol–water partition coefficient (Wildman–Crippen LogP) is 3.22. The number of amides is 1. The van der Waals surface area contributed by atoms with Crippen LogP contribution in [0.15, 0.2) is 24.5 Å². The van der Waals surface area contributed by atoms with Gasteiger partial charge in [0.05, 0.1) is 41.8 Å². The first-order valence-corrected chi connectivity index (χ1v) is 11.1. The number of nitrogens with zero attached hydrogens (tertiary/aromatic N) is 3. The number of carbonyl (C=O) groups is 1. The molecule has 0 aliphatic carbocycles. The van der Waals surface area contributed by atoms with E-state index in [0.717, 1.165) is 16.5 Å². The Hall–Kier alpha value is -2.10. The van der Waals surface area contributed by atoms with Crippen LogP contribution in [0.4, 0.5) is 4.79 Å². The van der Waals surface area contributed by atoms with Gasteiger partial charge in [-0.25, -0.2) is 9.78 Å². The van der Waals surface area contributed by atoms with Crippen molar-refractivity contribution in [1.82, 2.24) is 14.5 Å². The molecular formula is C23H36BN3O5. The van der Waals surface area contributed by atoms with E-state index in [1.54, 1.807) is 7.05 Å². The van der Waals surface area contributed by atoms with E-state index in [1.807, 2.05) is 73.0 Å². The number of ether oxygens (including phenoxy) is 2. The molecule has 3 rings (SSSR count). The van der Waals surface area contributed by atoms with Crippen LogP contribution < -0.4 is 5.46 Å². The van der Waals surface area contributed by atoms with Crippen LogP contribution in [-0.2, 0) is 25.3 Å². The number of carbonyl (C=O) groups excluding carboxylic acids is 1. The second-order valence-electron chi connectivity index (χ2n) is 10.3. The molecule has 0 N–H and O–H groups in total. The van der Waals surface area contributed by atoms with Crippen LogP contribution in [0.1, 0.15) is 48.5 Å². The molecule has 0 radical (unpaired) electrons. The Morgan fingerprint density at radius 1 is 1.16 bits per heavy atom. The van der Waals surface area contributed by atoms with Gasteiger partial charge in [0, 0.05) is 25.6 Å². The molecule has 1 aromatic carbocycles. The first kappa shape index (κ1) is 24.5. The number of aromatic nitrogens is 2. The zero-order chi connectivity index (χ0) is 23.7. The lowest BCUT2D eigenvalue weighted by atomic mass is 9.78. The maximum Gasteiger partial charge on any atom is 0.497 e. The first-order valence-electron chi connectivity index (χ1n) is 11.1. The predicted molar refractivity (Wildman–Crippen MR) is 125 cm³/mol. The van der Waals surface area contributed by atoms with Gasteiger partial charge < -0.3 is 28.2 Å². The third-order valence-electron chi connectivity index (χ3n) is 5.93. The van der Waals surface area contributed by atoms with Crippen molar-refractivity contribution in [2.45, 2.75) is 71.8 Å². The lowest BCUT2D eigenvalue weighted by Gasteiger charge is -2.32. The van der Waals surface area contributed by atoms with E-state index in [2.05, 4.69) is 9.55 Å². The Bertz CT molecular complexity index is 935. The standard InChI is InChI=1S/C23H36BN3O5/c1-21(2,3)30-20(28)26(8)12-14-29-15-13-27-16-25-18-11-9-10-17(19(18)27)24-31-22(4,5)23(6,7)32-24/h9-11,16H,12-15H2,1-8H3. The highest BCUT2D eigenvalue weighted by Crippen LogP contribution is 2.37. The van der Waals surface area contributed by atoms with Gasteiger partial charge in [-0.2, -0.15) is 0 Å². The number of rotatable bonds is 7. The van der Waals surface area contributed by atoms with Gasteiger partial charge in [-0.1, -0.05) is 12.1 Å². The lowest BCUT2D eigenvalue weighted by molar-refractivity contribution is 0.00578. The molecule has 2 aromatic rings. The topological polar surface area (TPSA) is 75.0 Å². The average molecular weight is 445 g/mol. The fourth-order valence-electron chi connectivity index (χ4n) is 3.38. The minimum Gasteiger partial charge on any atom is -0.444 e. The molecule has 0 unspecified atom stereocenters. The van der Waals surface area contributed by atoms with E-state index in [0.29, 0.717) is 26.3 Å². The van der Waals surface area contributed by atoms with E-state index in [9.17, 15) is 4.79 Å². The van der Waals surface area contributed by atoms with Crippen LogP contribution in [-0.4, -0.2) is 71.3 Å². The van der Waals surface area contributed by atoms with Crippen LogP contribution >= 0.6 is 0 Å². The molecule has 9 heteroatoms. The quantitative estimate of drug-likeness (QED) is 0.481. The summed E-state index contributed by atoms with van der Waals surface area (Å²) >= 11 is 0. The van der Waals surface area contributed by atoms with Crippen molar-refractivity contribution in [3.05, 3.63) is 24.5 Å². The van der Waals surface area contributed by atoms with Crippen molar-refractivity contribution in [2.24, 2.45) is 0 Å². The normalized spacial score (nSPS) is 17.7. The number of likely N-dealkylation sites (N-methyl/N-ethyl adjacent to an activating group) is 1. The Labute approximate surface area is 191 Å². The monoisotopic (exact) mass is 445 g/mol. The van der Waals surface area contributed by atoms with Crippen LogP contribution in [0.25, 0.3) is 11.0 Å². The third kappa shape index (κ3) is 5.45. The van der Waals surface area contributed by atoms with Gasteiger partial charge in [-0.15, -0.1) is 0 Å². The number of para-hydroxylation sites is 1. The molecule has 1 aliphatic heterocycles. The zero-order valence-electron chi connectivity index (χ0n) is 20.6. The maximum atomic E-state index is 12.0. The molecule has 1 saturated heterocycles. The van der Waals surface area contributed by atoms with E-state index in [-0.39, 0.29) is 6.09 Å². The van der Waals surface area contributed by atoms with Crippen molar-refractivity contribution < 1.29 is 23.6 Å². The van der Waals surface area contributed by atoms with Gasteiger partial charge in [0.15, 0.2) is 0 Å². The Balaban J connectivity index is 1.59. The van der Waals surface area contributed by atoms with E-state index < -0.39 is 23.9 Å². The number of hydrogen-bond donors (Lipinski definition) is 0. The summed E-state index contributed by atoms with van der Waals surface area (Å²) in [5.41, 5.74) is 1.51. The Morgan fingerprint density at radius 3 is 2.44 bits per heavy atom. The van der Waals surface area contributed by atoms with Crippen molar-refractivity contribution >= 4 is 29.7 Å². The van der Waals surface area contributed by atoms with Gasteiger partial charge >= 0.3 is 13.2 Å².